The Labute approximate surface area is 152 Å². The minimum atomic E-state index is -4.81. The van der Waals surface area contributed by atoms with E-state index in [2.05, 4.69) is 25.8 Å². The van der Waals surface area contributed by atoms with Crippen LogP contribution in [0.25, 0.3) is 11.3 Å². The lowest BCUT2D eigenvalue weighted by molar-refractivity contribution is -0.386. The monoisotopic (exact) mass is 377 g/mol. The Hall–Kier alpha value is -3.33. The molecule has 27 heavy (non-hydrogen) atoms. The molecule has 0 saturated carbocycles. The SMILES string of the molecule is [NH3+]Cc1ccc(Nc2ncnc(-c3cccc(OC(F)(F)F)c3)c2O)cc1. The van der Waals surface area contributed by atoms with E-state index in [1.165, 1.54) is 24.5 Å². The van der Waals surface area contributed by atoms with Crippen molar-refractivity contribution in [1.29, 1.82) is 0 Å². The molecule has 0 amide bonds. The number of hydrogen-bond donors (Lipinski definition) is 3. The molecule has 0 saturated heterocycles. The third kappa shape index (κ3) is 4.64. The fraction of sp³-hybridized carbons (Fsp3) is 0.111. The lowest BCUT2D eigenvalue weighted by Gasteiger charge is -2.12. The lowest BCUT2D eigenvalue weighted by atomic mass is 10.1. The number of halogens is 3. The van der Waals surface area contributed by atoms with Crippen LogP contribution in [0.4, 0.5) is 24.7 Å². The van der Waals surface area contributed by atoms with Crippen molar-refractivity contribution in [3.05, 3.63) is 60.4 Å². The van der Waals surface area contributed by atoms with Gasteiger partial charge >= 0.3 is 6.36 Å². The zero-order valence-corrected chi connectivity index (χ0v) is 14.0. The number of ether oxygens (including phenoxy) is 1. The van der Waals surface area contributed by atoms with Crippen LogP contribution in [0.1, 0.15) is 5.56 Å². The van der Waals surface area contributed by atoms with Gasteiger partial charge in [0, 0.05) is 16.8 Å². The number of nitrogens with one attached hydrogen (secondary N) is 1. The molecule has 0 aliphatic heterocycles. The van der Waals surface area contributed by atoms with Crippen molar-refractivity contribution in [2.75, 3.05) is 5.32 Å². The first-order valence-electron chi connectivity index (χ1n) is 7.91. The molecule has 0 unspecified atom stereocenters. The van der Waals surface area contributed by atoms with Crippen molar-refractivity contribution in [2.45, 2.75) is 12.9 Å². The predicted molar refractivity (Wildman–Crippen MR) is 92.1 cm³/mol. The number of rotatable bonds is 5. The van der Waals surface area contributed by atoms with Crippen LogP contribution in [-0.4, -0.2) is 21.4 Å². The molecule has 1 aromatic heterocycles. The molecule has 0 radical (unpaired) electrons. The van der Waals surface area contributed by atoms with Gasteiger partial charge < -0.3 is 20.9 Å². The molecular weight excluding hydrogens is 361 g/mol. The van der Waals surface area contributed by atoms with E-state index in [0.717, 1.165) is 11.6 Å². The maximum Gasteiger partial charge on any atom is 0.573 e. The Kier molecular flexibility index (Phi) is 5.13. The number of benzene rings is 2. The molecule has 0 spiro atoms. The number of alkyl halides is 3. The van der Waals surface area contributed by atoms with E-state index >= 15 is 0 Å². The van der Waals surface area contributed by atoms with Gasteiger partial charge in [0.2, 0.25) is 0 Å². The Morgan fingerprint density at radius 3 is 2.48 bits per heavy atom. The second kappa shape index (κ2) is 7.50. The van der Waals surface area contributed by atoms with Crippen LogP contribution >= 0.6 is 0 Å². The summed E-state index contributed by atoms with van der Waals surface area (Å²) in [6.07, 6.45) is -3.60. The van der Waals surface area contributed by atoms with Gasteiger partial charge in [0.05, 0.1) is 6.54 Å². The Balaban J connectivity index is 1.89. The average molecular weight is 377 g/mol. The maximum atomic E-state index is 12.4. The van der Waals surface area contributed by atoms with E-state index in [1.807, 2.05) is 12.1 Å². The highest BCUT2D eigenvalue weighted by molar-refractivity contribution is 5.75. The van der Waals surface area contributed by atoms with Crippen molar-refractivity contribution < 1.29 is 28.7 Å². The highest BCUT2D eigenvalue weighted by Crippen LogP contribution is 2.35. The number of hydrogen-bond acceptors (Lipinski definition) is 5. The summed E-state index contributed by atoms with van der Waals surface area (Å²) in [5.74, 6) is -0.566. The topological polar surface area (TPSA) is 94.9 Å². The van der Waals surface area contributed by atoms with E-state index < -0.39 is 12.1 Å². The van der Waals surface area contributed by atoms with Gasteiger partial charge in [-0.3, -0.25) is 0 Å². The molecule has 3 rings (SSSR count). The molecule has 9 heteroatoms. The summed E-state index contributed by atoms with van der Waals surface area (Å²) < 4.78 is 41.1. The summed E-state index contributed by atoms with van der Waals surface area (Å²) in [4.78, 5) is 7.96. The first-order chi connectivity index (χ1) is 12.9. The van der Waals surface area contributed by atoms with Crippen molar-refractivity contribution in [3.8, 4) is 22.8 Å². The standard InChI is InChI=1S/C18H15F3N4O2/c19-18(20,21)27-14-3-1-2-12(8-14)15-16(26)17(24-10-23-15)25-13-6-4-11(9-22)5-7-13/h1-8,10,26H,9,22H2,(H,23,24,25)/p+1. The minimum Gasteiger partial charge on any atom is -0.503 e. The summed E-state index contributed by atoms with van der Waals surface area (Å²) in [6, 6.07) is 12.6. The minimum absolute atomic E-state index is 0.0782. The summed E-state index contributed by atoms with van der Waals surface area (Å²) in [6.45, 7) is 0.652. The van der Waals surface area contributed by atoms with Crippen LogP contribution in [0.3, 0.4) is 0 Å². The molecule has 5 N–H and O–H groups in total. The summed E-state index contributed by atoms with van der Waals surface area (Å²) in [5, 5.41) is 13.4. The number of nitrogens with zero attached hydrogens (tertiary/aromatic N) is 2. The van der Waals surface area contributed by atoms with Gasteiger partial charge in [-0.15, -0.1) is 13.2 Å². The molecule has 0 aliphatic carbocycles. The van der Waals surface area contributed by atoms with Crippen molar-refractivity contribution in [3.63, 3.8) is 0 Å². The van der Waals surface area contributed by atoms with Gasteiger partial charge in [-0.1, -0.05) is 24.3 Å². The molecule has 0 fully saturated rings. The smallest absolute Gasteiger partial charge is 0.503 e. The van der Waals surface area contributed by atoms with Gasteiger partial charge in [0.25, 0.3) is 0 Å². The Morgan fingerprint density at radius 2 is 1.81 bits per heavy atom. The molecular formula is C18H16F3N4O2+. The fourth-order valence-electron chi connectivity index (χ4n) is 2.41. The highest BCUT2D eigenvalue weighted by atomic mass is 19.4. The van der Waals surface area contributed by atoms with Crippen LogP contribution in [0, 0.1) is 0 Å². The third-order valence-electron chi connectivity index (χ3n) is 3.67. The molecule has 0 aliphatic rings. The normalized spacial score (nSPS) is 11.3. The molecule has 0 bridgehead atoms. The van der Waals surface area contributed by atoms with Crippen LogP contribution in [0.5, 0.6) is 11.5 Å². The van der Waals surface area contributed by atoms with Gasteiger partial charge in [-0.2, -0.15) is 0 Å². The predicted octanol–water partition coefficient (Wildman–Crippen LogP) is 3.23. The van der Waals surface area contributed by atoms with Gasteiger partial charge in [-0.05, 0) is 24.3 Å². The van der Waals surface area contributed by atoms with E-state index in [9.17, 15) is 18.3 Å². The summed E-state index contributed by atoms with van der Waals surface area (Å²) in [7, 11) is 0. The quantitative estimate of drug-likeness (QED) is 0.635. The Bertz CT molecular complexity index is 931. The van der Waals surface area contributed by atoms with Gasteiger partial charge in [0.15, 0.2) is 11.6 Å². The number of quaternary nitrogens is 1. The van der Waals surface area contributed by atoms with Crippen LogP contribution < -0.4 is 15.8 Å². The third-order valence-corrected chi connectivity index (χ3v) is 3.67. The van der Waals surface area contributed by atoms with Crippen LogP contribution in [0.15, 0.2) is 54.9 Å². The second-order valence-electron chi connectivity index (χ2n) is 5.57. The van der Waals surface area contributed by atoms with E-state index in [4.69, 9.17) is 0 Å². The van der Waals surface area contributed by atoms with E-state index in [0.29, 0.717) is 12.2 Å². The molecule has 3 aromatic rings. The maximum absolute atomic E-state index is 12.4. The van der Waals surface area contributed by atoms with Crippen LogP contribution in [-0.2, 0) is 6.54 Å². The molecule has 2 aromatic carbocycles. The first kappa shape index (κ1) is 18.5. The number of aromatic hydroxyl groups is 1. The van der Waals surface area contributed by atoms with Gasteiger partial charge in [0.1, 0.15) is 17.8 Å². The second-order valence-corrected chi connectivity index (χ2v) is 5.57. The average Bonchev–Trinajstić information content (AvgIpc) is 2.63. The van der Waals surface area contributed by atoms with Crippen molar-refractivity contribution in [1.82, 2.24) is 9.97 Å². The molecule has 1 heterocycles. The van der Waals surface area contributed by atoms with Crippen molar-refractivity contribution in [2.24, 2.45) is 0 Å². The summed E-state index contributed by atoms with van der Waals surface area (Å²) >= 11 is 0. The summed E-state index contributed by atoms with van der Waals surface area (Å²) in [5.41, 5.74) is 5.86. The zero-order valence-electron chi connectivity index (χ0n) is 14.0. The molecule has 6 nitrogen and oxygen atoms in total. The van der Waals surface area contributed by atoms with Gasteiger partial charge in [-0.25, -0.2) is 9.97 Å². The molecule has 140 valence electrons. The number of anilines is 2. The number of aromatic nitrogens is 2. The lowest BCUT2D eigenvalue weighted by Crippen LogP contribution is -2.47. The fourth-order valence-corrected chi connectivity index (χ4v) is 2.41. The first-order valence-corrected chi connectivity index (χ1v) is 7.91. The van der Waals surface area contributed by atoms with E-state index in [1.54, 1.807) is 12.1 Å². The van der Waals surface area contributed by atoms with Crippen molar-refractivity contribution >= 4 is 11.5 Å². The van der Waals surface area contributed by atoms with E-state index in [-0.39, 0.29) is 22.8 Å². The zero-order chi connectivity index (χ0) is 19.4. The largest absolute Gasteiger partial charge is 0.573 e. The van der Waals surface area contributed by atoms with Crippen LogP contribution in [0.2, 0.25) is 0 Å². The Morgan fingerprint density at radius 1 is 1.07 bits per heavy atom. The highest BCUT2D eigenvalue weighted by Gasteiger charge is 2.31. The molecule has 0 atom stereocenters.